The number of hydrogen-bond donors (Lipinski definition) is 0. The number of piperazine rings is 1. The monoisotopic (exact) mass is 442 g/mol. The number of rotatable bonds is 5. The number of carbonyl (C=O) groups excluding carboxylic acids is 1. The SMILES string of the molecule is COc1cc(OCc2ccc(C#N)cc2F)nc(N2CCN(C(=O)OC(C)(C)C)CC2)c1. The number of benzene rings is 1. The van der Waals surface area contributed by atoms with Crippen molar-refractivity contribution in [3.05, 3.63) is 47.3 Å². The molecule has 0 radical (unpaired) electrons. The lowest BCUT2D eigenvalue weighted by atomic mass is 10.1. The van der Waals surface area contributed by atoms with Crippen molar-refractivity contribution in [3.63, 3.8) is 0 Å². The lowest BCUT2D eigenvalue weighted by molar-refractivity contribution is 0.0240. The number of pyridine rings is 1. The molecule has 0 aliphatic carbocycles. The van der Waals surface area contributed by atoms with Gasteiger partial charge in [0.1, 0.15) is 29.6 Å². The zero-order valence-corrected chi connectivity index (χ0v) is 18.7. The molecule has 0 spiro atoms. The zero-order valence-electron chi connectivity index (χ0n) is 18.7. The first kappa shape index (κ1) is 23.1. The highest BCUT2D eigenvalue weighted by atomic mass is 19.1. The molecule has 1 aromatic carbocycles. The van der Waals surface area contributed by atoms with Crippen molar-refractivity contribution in [1.82, 2.24) is 9.88 Å². The number of hydrogen-bond acceptors (Lipinski definition) is 7. The van der Waals surface area contributed by atoms with Gasteiger partial charge in [-0.25, -0.2) is 9.18 Å². The molecule has 1 aliphatic heterocycles. The van der Waals surface area contributed by atoms with Gasteiger partial charge in [0.2, 0.25) is 5.88 Å². The number of methoxy groups -OCH3 is 1. The largest absolute Gasteiger partial charge is 0.496 e. The Labute approximate surface area is 187 Å². The first-order valence-corrected chi connectivity index (χ1v) is 10.3. The van der Waals surface area contributed by atoms with E-state index in [1.165, 1.54) is 18.2 Å². The van der Waals surface area contributed by atoms with E-state index < -0.39 is 11.4 Å². The summed E-state index contributed by atoms with van der Waals surface area (Å²) in [4.78, 5) is 20.5. The van der Waals surface area contributed by atoms with E-state index in [4.69, 9.17) is 19.5 Å². The number of nitrogens with zero attached hydrogens (tertiary/aromatic N) is 4. The topological polar surface area (TPSA) is 87.9 Å². The fourth-order valence-corrected chi connectivity index (χ4v) is 3.15. The maximum atomic E-state index is 14.1. The highest BCUT2D eigenvalue weighted by molar-refractivity contribution is 5.68. The van der Waals surface area contributed by atoms with Gasteiger partial charge in [-0.1, -0.05) is 6.07 Å². The molecule has 3 rings (SSSR count). The molecule has 0 unspecified atom stereocenters. The summed E-state index contributed by atoms with van der Waals surface area (Å²) in [5.74, 6) is 0.978. The van der Waals surface area contributed by atoms with Gasteiger partial charge in [-0.3, -0.25) is 0 Å². The minimum Gasteiger partial charge on any atom is -0.496 e. The van der Waals surface area contributed by atoms with Gasteiger partial charge in [-0.15, -0.1) is 0 Å². The third-order valence-electron chi connectivity index (χ3n) is 4.81. The Morgan fingerprint density at radius 3 is 2.50 bits per heavy atom. The first-order valence-electron chi connectivity index (χ1n) is 10.3. The second kappa shape index (κ2) is 9.73. The lowest BCUT2D eigenvalue weighted by Gasteiger charge is -2.36. The van der Waals surface area contributed by atoms with Crippen molar-refractivity contribution in [2.24, 2.45) is 0 Å². The maximum absolute atomic E-state index is 14.1. The number of nitriles is 1. The van der Waals surface area contributed by atoms with Crippen LogP contribution in [0.3, 0.4) is 0 Å². The van der Waals surface area contributed by atoms with E-state index in [-0.39, 0.29) is 24.1 Å². The number of carbonyl (C=O) groups is 1. The van der Waals surface area contributed by atoms with Crippen LogP contribution in [-0.2, 0) is 11.3 Å². The van der Waals surface area contributed by atoms with E-state index in [1.54, 1.807) is 24.1 Å². The number of anilines is 1. The standard InChI is InChI=1S/C23H27FN4O4/c1-23(2,3)32-22(29)28-9-7-27(8-10-28)20-12-18(30-4)13-21(26-20)31-15-17-6-5-16(14-25)11-19(17)24/h5-6,11-13H,7-10,15H2,1-4H3. The van der Waals surface area contributed by atoms with Crippen molar-refractivity contribution < 1.29 is 23.4 Å². The summed E-state index contributed by atoms with van der Waals surface area (Å²) in [5, 5.41) is 8.86. The summed E-state index contributed by atoms with van der Waals surface area (Å²) in [7, 11) is 1.55. The molecular formula is C23H27FN4O4. The van der Waals surface area contributed by atoms with Gasteiger partial charge in [0.15, 0.2) is 0 Å². The van der Waals surface area contributed by atoms with Crippen LogP contribution in [0, 0.1) is 17.1 Å². The van der Waals surface area contributed by atoms with E-state index in [0.717, 1.165) is 0 Å². The summed E-state index contributed by atoms with van der Waals surface area (Å²) in [5.41, 5.74) is 0.0307. The Morgan fingerprint density at radius 2 is 1.91 bits per heavy atom. The van der Waals surface area contributed by atoms with Crippen molar-refractivity contribution in [2.45, 2.75) is 33.0 Å². The summed E-state index contributed by atoms with van der Waals surface area (Å²) in [6, 6.07) is 9.55. The van der Waals surface area contributed by atoms with Crippen LogP contribution in [0.5, 0.6) is 11.6 Å². The second-order valence-corrected chi connectivity index (χ2v) is 8.36. The minimum atomic E-state index is -0.538. The molecular weight excluding hydrogens is 415 g/mol. The fraction of sp³-hybridized carbons (Fsp3) is 0.435. The predicted octanol–water partition coefficient (Wildman–Crippen LogP) is 3.74. The molecule has 32 heavy (non-hydrogen) atoms. The van der Waals surface area contributed by atoms with Crippen LogP contribution < -0.4 is 14.4 Å². The average Bonchev–Trinajstić information content (AvgIpc) is 2.77. The highest BCUT2D eigenvalue weighted by Crippen LogP contribution is 2.26. The third kappa shape index (κ3) is 6.00. The van der Waals surface area contributed by atoms with Gasteiger partial charge in [-0.05, 0) is 32.9 Å². The molecule has 0 saturated carbocycles. The fourth-order valence-electron chi connectivity index (χ4n) is 3.15. The molecule has 2 aromatic rings. The molecule has 2 heterocycles. The molecule has 0 N–H and O–H groups in total. The Morgan fingerprint density at radius 1 is 1.19 bits per heavy atom. The highest BCUT2D eigenvalue weighted by Gasteiger charge is 2.26. The molecule has 1 amide bonds. The molecule has 170 valence electrons. The number of aromatic nitrogens is 1. The van der Waals surface area contributed by atoms with Crippen LogP contribution in [0.1, 0.15) is 31.9 Å². The van der Waals surface area contributed by atoms with E-state index in [0.29, 0.717) is 43.3 Å². The lowest BCUT2D eigenvalue weighted by Crippen LogP contribution is -2.50. The van der Waals surface area contributed by atoms with Crippen molar-refractivity contribution >= 4 is 11.9 Å². The summed E-state index contributed by atoms with van der Waals surface area (Å²) in [6.07, 6.45) is -0.329. The van der Waals surface area contributed by atoms with E-state index in [2.05, 4.69) is 4.98 Å². The van der Waals surface area contributed by atoms with Crippen molar-refractivity contribution in [3.8, 4) is 17.7 Å². The van der Waals surface area contributed by atoms with Crippen LogP contribution in [0.15, 0.2) is 30.3 Å². The minimum absolute atomic E-state index is 0.0381. The van der Waals surface area contributed by atoms with Crippen LogP contribution in [0.4, 0.5) is 15.0 Å². The van der Waals surface area contributed by atoms with Gasteiger partial charge in [-0.2, -0.15) is 10.2 Å². The predicted molar refractivity (Wildman–Crippen MR) is 116 cm³/mol. The Bertz CT molecular complexity index is 1010. The zero-order chi connectivity index (χ0) is 23.3. The molecule has 0 atom stereocenters. The summed E-state index contributed by atoms with van der Waals surface area (Å²) < 4.78 is 30.6. The van der Waals surface area contributed by atoms with Crippen LogP contribution in [-0.4, -0.2) is 54.9 Å². The molecule has 1 saturated heterocycles. The first-order chi connectivity index (χ1) is 15.2. The van der Waals surface area contributed by atoms with E-state index >= 15 is 0 Å². The molecule has 1 fully saturated rings. The number of halogens is 1. The summed E-state index contributed by atoms with van der Waals surface area (Å²) in [6.45, 7) is 7.63. The molecule has 0 bridgehead atoms. The summed E-state index contributed by atoms with van der Waals surface area (Å²) >= 11 is 0. The van der Waals surface area contributed by atoms with E-state index in [9.17, 15) is 9.18 Å². The van der Waals surface area contributed by atoms with Crippen LogP contribution in [0.25, 0.3) is 0 Å². The van der Waals surface area contributed by atoms with Crippen LogP contribution in [0.2, 0.25) is 0 Å². The molecule has 1 aromatic heterocycles. The van der Waals surface area contributed by atoms with Gasteiger partial charge in [0, 0.05) is 43.9 Å². The van der Waals surface area contributed by atoms with Gasteiger partial charge >= 0.3 is 6.09 Å². The molecule has 8 nitrogen and oxygen atoms in total. The quantitative estimate of drug-likeness (QED) is 0.697. The molecule has 9 heteroatoms. The van der Waals surface area contributed by atoms with E-state index in [1.807, 2.05) is 31.7 Å². The normalized spacial score (nSPS) is 14.0. The Hall–Kier alpha value is -3.54. The average molecular weight is 442 g/mol. The molecule has 1 aliphatic rings. The van der Waals surface area contributed by atoms with Crippen molar-refractivity contribution in [1.29, 1.82) is 5.26 Å². The Kier molecular flexibility index (Phi) is 7.03. The number of ether oxygens (including phenoxy) is 3. The van der Waals surface area contributed by atoms with Gasteiger partial charge in [0.05, 0.1) is 18.7 Å². The van der Waals surface area contributed by atoms with Gasteiger partial charge < -0.3 is 24.0 Å². The van der Waals surface area contributed by atoms with Gasteiger partial charge in [0.25, 0.3) is 0 Å². The second-order valence-electron chi connectivity index (χ2n) is 8.36. The number of amides is 1. The van der Waals surface area contributed by atoms with Crippen LogP contribution >= 0.6 is 0 Å². The maximum Gasteiger partial charge on any atom is 0.410 e. The van der Waals surface area contributed by atoms with Crippen molar-refractivity contribution in [2.75, 3.05) is 38.2 Å². The third-order valence-corrected chi connectivity index (χ3v) is 4.81. The smallest absolute Gasteiger partial charge is 0.410 e. The Balaban J connectivity index is 1.67.